The largest absolute Gasteiger partial charge is 0.497 e. The van der Waals surface area contributed by atoms with Crippen LogP contribution in [0.4, 0.5) is 0 Å². The highest BCUT2D eigenvalue weighted by molar-refractivity contribution is 6.36. The molecule has 0 aromatic heterocycles. The van der Waals surface area contributed by atoms with Crippen molar-refractivity contribution in [3.63, 3.8) is 0 Å². The Morgan fingerprint density at radius 3 is 2.19 bits per heavy atom. The van der Waals surface area contributed by atoms with Crippen molar-refractivity contribution >= 4 is 29.2 Å². The number of halogens is 2. The summed E-state index contributed by atoms with van der Waals surface area (Å²) in [6, 6.07) is 9.50. The summed E-state index contributed by atoms with van der Waals surface area (Å²) in [7, 11) is 1.54. The second kappa shape index (κ2) is 6.80. The molecule has 0 heterocycles. The molecule has 0 saturated carbocycles. The predicted molar refractivity (Wildman–Crippen MR) is 80.3 cm³/mol. The van der Waals surface area contributed by atoms with E-state index in [1.807, 2.05) is 0 Å². The van der Waals surface area contributed by atoms with Crippen molar-refractivity contribution in [1.29, 1.82) is 0 Å². The van der Waals surface area contributed by atoms with Crippen LogP contribution >= 0.6 is 23.2 Å². The maximum atomic E-state index is 12.2. The fourth-order valence-electron chi connectivity index (χ4n) is 1.77. The second-order valence-electron chi connectivity index (χ2n) is 4.11. The molecule has 0 bridgehead atoms. The normalized spacial score (nSPS) is 10.3. The molecule has 0 unspecified atom stereocenters. The van der Waals surface area contributed by atoms with Gasteiger partial charge in [0, 0.05) is 10.6 Å². The van der Waals surface area contributed by atoms with E-state index in [0.717, 1.165) is 0 Å². The first-order valence-corrected chi connectivity index (χ1v) is 6.76. The topological polar surface area (TPSA) is 55.8 Å². The lowest BCUT2D eigenvalue weighted by Crippen LogP contribution is -2.12. The number of aliphatic hydroxyl groups is 1. The monoisotopic (exact) mass is 326 g/mol. The van der Waals surface area contributed by atoms with Gasteiger partial charge in [0.25, 0.3) is 0 Å². The number of carbonyl (C=O) groups excluding carboxylic acids is 1. The molecule has 6 heteroatoms. The number of aliphatic hydroxyl groups excluding tert-OH is 1. The lowest BCUT2D eigenvalue weighted by atomic mass is 10.1. The van der Waals surface area contributed by atoms with Crippen LogP contribution in [0.5, 0.6) is 11.5 Å². The summed E-state index contributed by atoms with van der Waals surface area (Å²) in [5, 5.41) is 9.76. The summed E-state index contributed by atoms with van der Waals surface area (Å²) < 4.78 is 10.2. The Morgan fingerprint density at radius 1 is 1.05 bits per heavy atom. The van der Waals surface area contributed by atoms with Crippen LogP contribution < -0.4 is 9.47 Å². The Bertz CT molecular complexity index is 653. The van der Waals surface area contributed by atoms with E-state index in [-0.39, 0.29) is 21.2 Å². The molecule has 1 N–H and O–H groups in total. The number of esters is 1. The summed E-state index contributed by atoms with van der Waals surface area (Å²) in [5.74, 6) is 0.295. The summed E-state index contributed by atoms with van der Waals surface area (Å²) in [5.41, 5.74) is 0.296. The molecule has 0 aliphatic rings. The van der Waals surface area contributed by atoms with Gasteiger partial charge in [-0.2, -0.15) is 0 Å². The van der Waals surface area contributed by atoms with Gasteiger partial charge in [0.2, 0.25) is 0 Å². The summed E-state index contributed by atoms with van der Waals surface area (Å²) in [6.07, 6.45) is 0. The standard InChI is InChI=1S/C15H12Cl2O4/c1-20-9-2-4-10(5-3-9)21-15(19)14-11(8-18)12(16)6-7-13(14)17/h2-7,18H,8H2,1H3. The molecule has 0 aliphatic heterocycles. The zero-order chi connectivity index (χ0) is 15.4. The molecule has 110 valence electrons. The number of rotatable bonds is 4. The molecule has 2 rings (SSSR count). The van der Waals surface area contributed by atoms with Gasteiger partial charge < -0.3 is 14.6 Å². The molecule has 0 radical (unpaired) electrons. The van der Waals surface area contributed by atoms with E-state index in [9.17, 15) is 9.90 Å². The lowest BCUT2D eigenvalue weighted by Gasteiger charge is -2.11. The lowest BCUT2D eigenvalue weighted by molar-refractivity contribution is 0.0731. The van der Waals surface area contributed by atoms with Gasteiger partial charge in [0.15, 0.2) is 0 Å². The van der Waals surface area contributed by atoms with Gasteiger partial charge in [-0.3, -0.25) is 0 Å². The van der Waals surface area contributed by atoms with Crippen molar-refractivity contribution < 1.29 is 19.4 Å². The number of methoxy groups -OCH3 is 1. The average Bonchev–Trinajstić information content (AvgIpc) is 2.49. The number of carbonyl (C=O) groups is 1. The molecular weight excluding hydrogens is 315 g/mol. The van der Waals surface area contributed by atoms with E-state index >= 15 is 0 Å². The van der Waals surface area contributed by atoms with Crippen molar-refractivity contribution in [2.75, 3.05) is 7.11 Å². The Balaban J connectivity index is 2.29. The first kappa shape index (κ1) is 15.6. The van der Waals surface area contributed by atoms with Crippen molar-refractivity contribution in [1.82, 2.24) is 0 Å². The van der Waals surface area contributed by atoms with Crippen LogP contribution in [0, 0.1) is 0 Å². The van der Waals surface area contributed by atoms with E-state index in [1.165, 1.54) is 12.1 Å². The summed E-state index contributed by atoms with van der Waals surface area (Å²) in [4.78, 5) is 12.2. The smallest absolute Gasteiger partial charge is 0.345 e. The molecule has 2 aromatic carbocycles. The fourth-order valence-corrected chi connectivity index (χ4v) is 2.24. The predicted octanol–water partition coefficient (Wildman–Crippen LogP) is 3.71. The van der Waals surface area contributed by atoms with Crippen LogP contribution in [0.15, 0.2) is 36.4 Å². The molecular formula is C15H12Cl2O4. The molecule has 0 saturated heterocycles. The Kier molecular flexibility index (Phi) is 5.07. The van der Waals surface area contributed by atoms with Gasteiger partial charge in [-0.15, -0.1) is 0 Å². The minimum Gasteiger partial charge on any atom is -0.497 e. The first-order valence-electron chi connectivity index (χ1n) is 6.00. The minimum absolute atomic E-state index is 0.0579. The van der Waals surface area contributed by atoms with Crippen LogP contribution in [-0.2, 0) is 6.61 Å². The van der Waals surface area contributed by atoms with Crippen LogP contribution in [0.3, 0.4) is 0 Å². The van der Waals surface area contributed by atoms with Crippen molar-refractivity contribution in [2.45, 2.75) is 6.61 Å². The van der Waals surface area contributed by atoms with Gasteiger partial charge in [0.05, 0.1) is 24.3 Å². The third-order valence-electron chi connectivity index (χ3n) is 2.84. The van der Waals surface area contributed by atoms with Gasteiger partial charge in [-0.25, -0.2) is 4.79 Å². The second-order valence-corrected chi connectivity index (χ2v) is 4.92. The third kappa shape index (κ3) is 3.47. The van der Waals surface area contributed by atoms with E-state index < -0.39 is 12.6 Å². The number of hydrogen-bond donors (Lipinski definition) is 1. The molecule has 0 aliphatic carbocycles. The number of benzene rings is 2. The quantitative estimate of drug-likeness (QED) is 0.687. The Morgan fingerprint density at radius 2 is 1.62 bits per heavy atom. The maximum Gasteiger partial charge on any atom is 0.345 e. The number of ether oxygens (including phenoxy) is 2. The Hall–Kier alpha value is -1.75. The molecule has 0 spiro atoms. The highest BCUT2D eigenvalue weighted by atomic mass is 35.5. The zero-order valence-electron chi connectivity index (χ0n) is 11.1. The molecule has 4 nitrogen and oxygen atoms in total. The van der Waals surface area contributed by atoms with Crippen molar-refractivity contribution in [2.24, 2.45) is 0 Å². The minimum atomic E-state index is -0.684. The van der Waals surface area contributed by atoms with Crippen molar-refractivity contribution in [3.8, 4) is 11.5 Å². The Labute approximate surface area is 131 Å². The van der Waals surface area contributed by atoms with E-state index in [4.69, 9.17) is 32.7 Å². The number of hydrogen-bond acceptors (Lipinski definition) is 4. The third-order valence-corrected chi connectivity index (χ3v) is 3.51. The van der Waals surface area contributed by atoms with E-state index in [0.29, 0.717) is 11.5 Å². The zero-order valence-corrected chi connectivity index (χ0v) is 12.6. The molecule has 0 amide bonds. The fraction of sp³-hybridized carbons (Fsp3) is 0.133. The van der Waals surface area contributed by atoms with E-state index in [1.54, 1.807) is 31.4 Å². The van der Waals surface area contributed by atoms with Crippen LogP contribution in [-0.4, -0.2) is 18.2 Å². The summed E-state index contributed by atoms with van der Waals surface area (Å²) in [6.45, 7) is -0.410. The van der Waals surface area contributed by atoms with E-state index in [2.05, 4.69) is 0 Å². The highest BCUT2D eigenvalue weighted by Gasteiger charge is 2.20. The molecule has 0 fully saturated rings. The van der Waals surface area contributed by atoms with Crippen LogP contribution in [0.2, 0.25) is 10.0 Å². The van der Waals surface area contributed by atoms with Gasteiger partial charge >= 0.3 is 5.97 Å². The highest BCUT2D eigenvalue weighted by Crippen LogP contribution is 2.28. The van der Waals surface area contributed by atoms with Gasteiger partial charge in [-0.1, -0.05) is 23.2 Å². The molecule has 2 aromatic rings. The average molecular weight is 327 g/mol. The van der Waals surface area contributed by atoms with Crippen LogP contribution in [0.1, 0.15) is 15.9 Å². The first-order chi connectivity index (χ1) is 10.1. The SMILES string of the molecule is COc1ccc(OC(=O)c2c(Cl)ccc(Cl)c2CO)cc1. The molecule has 21 heavy (non-hydrogen) atoms. The van der Waals surface area contributed by atoms with Crippen LogP contribution in [0.25, 0.3) is 0 Å². The summed E-state index contributed by atoms with van der Waals surface area (Å²) >= 11 is 11.9. The van der Waals surface area contributed by atoms with Gasteiger partial charge in [-0.05, 0) is 36.4 Å². The molecule has 0 atom stereocenters. The van der Waals surface area contributed by atoms with Crippen molar-refractivity contribution in [3.05, 3.63) is 57.6 Å². The van der Waals surface area contributed by atoms with Gasteiger partial charge in [0.1, 0.15) is 11.5 Å². The maximum absolute atomic E-state index is 12.2.